The van der Waals surface area contributed by atoms with Crippen LogP contribution in [0, 0.1) is 0 Å². The number of thiophene rings is 1. The molecule has 0 amide bonds. The molecule has 1 aromatic heterocycles. The lowest BCUT2D eigenvalue weighted by molar-refractivity contribution is 0.465. The smallest absolute Gasteiger partial charge is 0.214 e. The van der Waals surface area contributed by atoms with Gasteiger partial charge < -0.3 is 5.32 Å². The standard InChI is InChI=1S/C12H22N2O2S2/c1-3-6-13-7-4-9-18(15,16)14(2)10-12-5-8-17-11-12/h5,8,11,13H,3-4,6-7,9-10H2,1-2H3. The van der Waals surface area contributed by atoms with Crippen molar-refractivity contribution in [3.05, 3.63) is 22.4 Å². The van der Waals surface area contributed by atoms with Gasteiger partial charge in [0, 0.05) is 13.6 Å². The van der Waals surface area contributed by atoms with E-state index in [4.69, 9.17) is 0 Å². The van der Waals surface area contributed by atoms with E-state index in [-0.39, 0.29) is 5.75 Å². The number of hydrogen-bond donors (Lipinski definition) is 1. The average molecular weight is 290 g/mol. The van der Waals surface area contributed by atoms with E-state index in [0.717, 1.165) is 25.1 Å². The lowest BCUT2D eigenvalue weighted by Gasteiger charge is -2.16. The highest BCUT2D eigenvalue weighted by Crippen LogP contribution is 2.11. The molecule has 1 rings (SSSR count). The quantitative estimate of drug-likeness (QED) is 0.707. The Balaban J connectivity index is 2.33. The second kappa shape index (κ2) is 7.89. The number of hydrogen-bond acceptors (Lipinski definition) is 4. The third-order valence-electron chi connectivity index (χ3n) is 2.64. The van der Waals surface area contributed by atoms with Crippen molar-refractivity contribution in [2.75, 3.05) is 25.9 Å². The lowest BCUT2D eigenvalue weighted by atomic mass is 10.3. The average Bonchev–Trinajstić information content (AvgIpc) is 2.81. The summed E-state index contributed by atoms with van der Waals surface area (Å²) in [6.07, 6.45) is 1.74. The molecule has 0 aliphatic rings. The Bertz CT molecular complexity index is 415. The minimum absolute atomic E-state index is 0.213. The van der Waals surface area contributed by atoms with E-state index in [0.29, 0.717) is 13.0 Å². The summed E-state index contributed by atoms with van der Waals surface area (Å²) < 4.78 is 25.4. The molecule has 0 saturated carbocycles. The Kier molecular flexibility index (Phi) is 6.85. The maximum atomic E-state index is 12.0. The van der Waals surface area contributed by atoms with Crippen molar-refractivity contribution in [1.82, 2.24) is 9.62 Å². The molecule has 1 aromatic rings. The fourth-order valence-corrected chi connectivity index (χ4v) is 3.40. The van der Waals surface area contributed by atoms with Gasteiger partial charge in [0.05, 0.1) is 5.75 Å². The molecule has 0 aliphatic carbocycles. The van der Waals surface area contributed by atoms with Gasteiger partial charge in [-0.05, 0) is 48.3 Å². The van der Waals surface area contributed by atoms with Gasteiger partial charge in [-0.3, -0.25) is 0 Å². The van der Waals surface area contributed by atoms with Crippen LogP contribution in [-0.4, -0.2) is 38.6 Å². The Labute approximate surface area is 114 Å². The van der Waals surface area contributed by atoms with Gasteiger partial charge in [0.2, 0.25) is 10.0 Å². The van der Waals surface area contributed by atoms with Crippen molar-refractivity contribution >= 4 is 21.4 Å². The zero-order valence-electron chi connectivity index (χ0n) is 11.1. The lowest BCUT2D eigenvalue weighted by Crippen LogP contribution is -2.30. The van der Waals surface area contributed by atoms with E-state index >= 15 is 0 Å². The Morgan fingerprint density at radius 3 is 2.78 bits per heavy atom. The summed E-state index contributed by atoms with van der Waals surface area (Å²) in [7, 11) is -1.48. The number of nitrogens with zero attached hydrogens (tertiary/aromatic N) is 1. The van der Waals surface area contributed by atoms with Gasteiger partial charge in [0.15, 0.2) is 0 Å². The highest BCUT2D eigenvalue weighted by molar-refractivity contribution is 7.89. The molecule has 6 heteroatoms. The van der Waals surface area contributed by atoms with E-state index < -0.39 is 10.0 Å². The summed E-state index contributed by atoms with van der Waals surface area (Å²) in [6, 6.07) is 1.96. The van der Waals surface area contributed by atoms with Gasteiger partial charge in [-0.15, -0.1) is 0 Å². The second-order valence-corrected chi connectivity index (χ2v) is 7.28. The largest absolute Gasteiger partial charge is 0.317 e. The first-order valence-corrected chi connectivity index (χ1v) is 8.77. The molecule has 4 nitrogen and oxygen atoms in total. The van der Waals surface area contributed by atoms with E-state index in [1.807, 2.05) is 16.8 Å². The first-order valence-electron chi connectivity index (χ1n) is 6.22. The zero-order valence-corrected chi connectivity index (χ0v) is 12.7. The molecule has 1 N–H and O–H groups in total. The van der Waals surface area contributed by atoms with Crippen LogP contribution in [0.25, 0.3) is 0 Å². The van der Waals surface area contributed by atoms with Crippen LogP contribution in [-0.2, 0) is 16.6 Å². The third-order valence-corrected chi connectivity index (χ3v) is 5.26. The van der Waals surface area contributed by atoms with E-state index in [2.05, 4.69) is 12.2 Å². The molecule has 0 spiro atoms. The molecular weight excluding hydrogens is 268 g/mol. The van der Waals surface area contributed by atoms with E-state index in [1.165, 1.54) is 4.31 Å². The van der Waals surface area contributed by atoms with Gasteiger partial charge in [0.25, 0.3) is 0 Å². The fraction of sp³-hybridized carbons (Fsp3) is 0.667. The first-order chi connectivity index (χ1) is 8.56. The summed E-state index contributed by atoms with van der Waals surface area (Å²) in [5.74, 6) is 0.213. The minimum atomic E-state index is -3.13. The Morgan fingerprint density at radius 2 is 2.17 bits per heavy atom. The molecular formula is C12H22N2O2S2. The maximum Gasteiger partial charge on any atom is 0.214 e. The number of rotatable bonds is 9. The van der Waals surface area contributed by atoms with Gasteiger partial charge in [-0.25, -0.2) is 12.7 Å². The van der Waals surface area contributed by atoms with Crippen LogP contribution in [0.2, 0.25) is 0 Å². The Hall–Kier alpha value is -0.430. The van der Waals surface area contributed by atoms with E-state index in [9.17, 15) is 8.42 Å². The van der Waals surface area contributed by atoms with Crippen LogP contribution in [0.4, 0.5) is 0 Å². The predicted molar refractivity (Wildman–Crippen MR) is 77.4 cm³/mol. The zero-order chi connectivity index (χ0) is 13.4. The van der Waals surface area contributed by atoms with Crippen molar-refractivity contribution in [1.29, 1.82) is 0 Å². The molecule has 0 saturated heterocycles. The Morgan fingerprint density at radius 1 is 1.39 bits per heavy atom. The van der Waals surface area contributed by atoms with Crippen LogP contribution in [0.3, 0.4) is 0 Å². The van der Waals surface area contributed by atoms with Crippen LogP contribution >= 0.6 is 11.3 Å². The SMILES string of the molecule is CCCNCCCS(=O)(=O)N(C)Cc1ccsc1. The fourth-order valence-electron chi connectivity index (χ4n) is 1.58. The number of sulfonamides is 1. The second-order valence-electron chi connectivity index (χ2n) is 4.31. The van der Waals surface area contributed by atoms with Crippen molar-refractivity contribution in [2.45, 2.75) is 26.3 Å². The molecule has 0 fully saturated rings. The first kappa shape index (κ1) is 15.6. The van der Waals surface area contributed by atoms with Crippen LogP contribution in [0.1, 0.15) is 25.3 Å². The monoisotopic (exact) mass is 290 g/mol. The molecule has 104 valence electrons. The van der Waals surface area contributed by atoms with Crippen molar-refractivity contribution in [3.8, 4) is 0 Å². The molecule has 18 heavy (non-hydrogen) atoms. The molecule has 1 heterocycles. The summed E-state index contributed by atoms with van der Waals surface area (Å²) in [4.78, 5) is 0. The summed E-state index contributed by atoms with van der Waals surface area (Å²) in [5.41, 5.74) is 1.05. The maximum absolute atomic E-state index is 12.0. The van der Waals surface area contributed by atoms with Crippen LogP contribution in [0.15, 0.2) is 16.8 Å². The third kappa shape index (κ3) is 5.48. The van der Waals surface area contributed by atoms with Crippen LogP contribution in [0.5, 0.6) is 0 Å². The van der Waals surface area contributed by atoms with Crippen molar-refractivity contribution in [2.24, 2.45) is 0 Å². The molecule has 0 radical (unpaired) electrons. The molecule has 0 bridgehead atoms. The molecule has 0 aliphatic heterocycles. The summed E-state index contributed by atoms with van der Waals surface area (Å²) in [6.45, 7) is 4.27. The van der Waals surface area contributed by atoms with Crippen molar-refractivity contribution in [3.63, 3.8) is 0 Å². The molecule has 0 unspecified atom stereocenters. The topological polar surface area (TPSA) is 49.4 Å². The molecule has 0 aromatic carbocycles. The minimum Gasteiger partial charge on any atom is -0.317 e. The molecule has 0 atom stereocenters. The van der Waals surface area contributed by atoms with E-state index in [1.54, 1.807) is 18.4 Å². The van der Waals surface area contributed by atoms with Gasteiger partial charge in [0.1, 0.15) is 0 Å². The summed E-state index contributed by atoms with van der Waals surface area (Å²) >= 11 is 1.59. The van der Waals surface area contributed by atoms with Gasteiger partial charge in [-0.2, -0.15) is 11.3 Å². The summed E-state index contributed by atoms with van der Waals surface area (Å²) in [5, 5.41) is 7.15. The van der Waals surface area contributed by atoms with Crippen molar-refractivity contribution < 1.29 is 8.42 Å². The van der Waals surface area contributed by atoms with Gasteiger partial charge in [-0.1, -0.05) is 6.92 Å². The highest BCUT2D eigenvalue weighted by Gasteiger charge is 2.17. The predicted octanol–water partition coefficient (Wildman–Crippen LogP) is 1.90. The number of nitrogens with one attached hydrogen (secondary N) is 1. The normalized spacial score (nSPS) is 12.2. The van der Waals surface area contributed by atoms with Gasteiger partial charge >= 0.3 is 0 Å². The van der Waals surface area contributed by atoms with Crippen LogP contribution < -0.4 is 5.32 Å². The highest BCUT2D eigenvalue weighted by atomic mass is 32.2.